The molecule has 1 fully saturated rings. The van der Waals surface area contributed by atoms with Gasteiger partial charge in [-0.05, 0) is 22.4 Å². The minimum atomic E-state index is -1.20. The topological polar surface area (TPSA) is 17.1 Å². The number of alkyl halides is 2. The standard InChI is InChI=1S/C5H6BrFO/c6-5(7)3-4(5)1-2-8/h2,4H,1,3H2. The van der Waals surface area contributed by atoms with E-state index in [1.54, 1.807) is 0 Å². The van der Waals surface area contributed by atoms with Crippen molar-refractivity contribution >= 4 is 22.2 Å². The zero-order chi connectivity index (χ0) is 6.20. The van der Waals surface area contributed by atoms with E-state index in [1.807, 2.05) is 0 Å². The van der Waals surface area contributed by atoms with Crippen LogP contribution in [0.15, 0.2) is 0 Å². The second-order valence-corrected chi connectivity index (χ2v) is 3.38. The van der Waals surface area contributed by atoms with E-state index >= 15 is 0 Å². The summed E-state index contributed by atoms with van der Waals surface area (Å²) in [7, 11) is 0. The van der Waals surface area contributed by atoms with Crippen LogP contribution in [0, 0.1) is 5.92 Å². The van der Waals surface area contributed by atoms with Gasteiger partial charge in [-0.3, -0.25) is 0 Å². The summed E-state index contributed by atoms with van der Waals surface area (Å²) in [5.41, 5.74) is 0. The summed E-state index contributed by atoms with van der Waals surface area (Å²) in [5, 5.41) is 0. The molecule has 0 aliphatic heterocycles. The van der Waals surface area contributed by atoms with E-state index in [1.165, 1.54) is 0 Å². The van der Waals surface area contributed by atoms with Gasteiger partial charge in [0.25, 0.3) is 0 Å². The molecule has 0 amide bonds. The third-order valence-electron chi connectivity index (χ3n) is 1.34. The predicted molar refractivity (Wildman–Crippen MR) is 31.6 cm³/mol. The van der Waals surface area contributed by atoms with Gasteiger partial charge in [0, 0.05) is 12.3 Å². The van der Waals surface area contributed by atoms with Gasteiger partial charge in [-0.15, -0.1) is 0 Å². The highest BCUT2D eigenvalue weighted by atomic mass is 79.9. The van der Waals surface area contributed by atoms with Gasteiger partial charge in [0.15, 0.2) is 4.58 Å². The molecule has 2 atom stereocenters. The molecular formula is C5H6BrFO. The predicted octanol–water partition coefficient (Wildman–Crippen LogP) is 1.66. The molecule has 0 heterocycles. The summed E-state index contributed by atoms with van der Waals surface area (Å²) in [6.45, 7) is 0. The van der Waals surface area contributed by atoms with Gasteiger partial charge in [-0.1, -0.05) is 0 Å². The normalized spacial score (nSPS) is 44.0. The van der Waals surface area contributed by atoms with Gasteiger partial charge in [-0.2, -0.15) is 0 Å². The molecule has 0 aromatic carbocycles. The summed E-state index contributed by atoms with van der Waals surface area (Å²) in [4.78, 5) is 9.76. The van der Waals surface area contributed by atoms with Crippen molar-refractivity contribution in [3.05, 3.63) is 0 Å². The molecule has 0 aromatic rings. The molecule has 1 nitrogen and oxygen atoms in total. The van der Waals surface area contributed by atoms with Crippen LogP contribution in [0.4, 0.5) is 4.39 Å². The van der Waals surface area contributed by atoms with Gasteiger partial charge in [-0.25, -0.2) is 4.39 Å². The Balaban J connectivity index is 2.26. The average Bonchev–Trinajstić information content (AvgIpc) is 2.15. The third kappa shape index (κ3) is 1.08. The lowest BCUT2D eigenvalue weighted by Gasteiger charge is -1.88. The minimum absolute atomic E-state index is 0.0556. The smallest absolute Gasteiger partial charge is 0.168 e. The van der Waals surface area contributed by atoms with Crippen LogP contribution < -0.4 is 0 Å². The maximum Gasteiger partial charge on any atom is 0.168 e. The number of hydrogen-bond donors (Lipinski definition) is 0. The van der Waals surface area contributed by atoms with E-state index in [-0.39, 0.29) is 5.92 Å². The molecule has 1 rings (SSSR count). The van der Waals surface area contributed by atoms with Crippen LogP contribution in [-0.2, 0) is 4.79 Å². The van der Waals surface area contributed by atoms with Crippen LogP contribution in [0.1, 0.15) is 12.8 Å². The molecule has 3 heteroatoms. The molecule has 0 radical (unpaired) electrons. The molecular weight excluding hydrogens is 175 g/mol. The van der Waals surface area contributed by atoms with Crippen molar-refractivity contribution < 1.29 is 9.18 Å². The fourth-order valence-electron chi connectivity index (χ4n) is 0.642. The van der Waals surface area contributed by atoms with Crippen molar-refractivity contribution in [1.29, 1.82) is 0 Å². The van der Waals surface area contributed by atoms with E-state index < -0.39 is 4.58 Å². The number of carbonyl (C=O) groups excluding carboxylic acids is 1. The number of halogens is 2. The first kappa shape index (κ1) is 6.20. The van der Waals surface area contributed by atoms with E-state index in [0.29, 0.717) is 12.8 Å². The van der Waals surface area contributed by atoms with Gasteiger partial charge in [0.1, 0.15) is 6.29 Å². The molecule has 0 saturated heterocycles. The summed E-state index contributed by atoms with van der Waals surface area (Å²) >= 11 is 2.83. The first-order valence-corrected chi connectivity index (χ1v) is 3.27. The first-order valence-electron chi connectivity index (χ1n) is 2.48. The van der Waals surface area contributed by atoms with E-state index in [9.17, 15) is 9.18 Å². The fraction of sp³-hybridized carbons (Fsp3) is 0.800. The summed E-state index contributed by atoms with van der Waals surface area (Å²) < 4.78 is 11.2. The number of aldehydes is 1. The molecule has 1 aliphatic carbocycles. The molecule has 0 N–H and O–H groups in total. The lowest BCUT2D eigenvalue weighted by molar-refractivity contribution is -0.108. The van der Waals surface area contributed by atoms with E-state index in [2.05, 4.69) is 15.9 Å². The second kappa shape index (κ2) is 1.79. The Hall–Kier alpha value is 0.0800. The monoisotopic (exact) mass is 180 g/mol. The summed E-state index contributed by atoms with van der Waals surface area (Å²) in [5.74, 6) is -0.0556. The third-order valence-corrected chi connectivity index (χ3v) is 2.31. The van der Waals surface area contributed by atoms with Crippen molar-refractivity contribution in [1.82, 2.24) is 0 Å². The maximum atomic E-state index is 12.4. The van der Waals surface area contributed by atoms with Crippen molar-refractivity contribution in [2.45, 2.75) is 17.4 Å². The summed E-state index contributed by atoms with van der Waals surface area (Å²) in [6.07, 6.45) is 1.60. The summed E-state index contributed by atoms with van der Waals surface area (Å²) in [6, 6.07) is 0. The molecule has 2 unspecified atom stereocenters. The zero-order valence-electron chi connectivity index (χ0n) is 4.23. The molecule has 0 spiro atoms. The van der Waals surface area contributed by atoms with Crippen LogP contribution in [0.3, 0.4) is 0 Å². The van der Waals surface area contributed by atoms with Crippen LogP contribution in [0.5, 0.6) is 0 Å². The van der Waals surface area contributed by atoms with E-state index in [4.69, 9.17) is 0 Å². The molecule has 1 aliphatic rings. The first-order chi connectivity index (χ1) is 3.67. The van der Waals surface area contributed by atoms with Crippen LogP contribution >= 0.6 is 15.9 Å². The highest BCUT2D eigenvalue weighted by Gasteiger charge is 2.52. The molecule has 0 aromatic heterocycles. The largest absolute Gasteiger partial charge is 0.303 e. The van der Waals surface area contributed by atoms with Crippen LogP contribution in [-0.4, -0.2) is 10.9 Å². The van der Waals surface area contributed by atoms with Crippen LogP contribution in [0.2, 0.25) is 0 Å². The molecule has 0 bridgehead atoms. The van der Waals surface area contributed by atoms with Crippen molar-refractivity contribution in [3.8, 4) is 0 Å². The van der Waals surface area contributed by atoms with Gasteiger partial charge >= 0.3 is 0 Å². The Morgan fingerprint density at radius 1 is 2.00 bits per heavy atom. The Kier molecular flexibility index (Phi) is 1.39. The SMILES string of the molecule is O=CCC1CC1(F)Br. The Morgan fingerprint density at radius 2 is 2.50 bits per heavy atom. The maximum absolute atomic E-state index is 12.4. The van der Waals surface area contributed by atoms with Crippen molar-refractivity contribution in [2.75, 3.05) is 0 Å². The lowest BCUT2D eigenvalue weighted by atomic mass is 10.3. The van der Waals surface area contributed by atoms with Crippen molar-refractivity contribution in [2.24, 2.45) is 5.92 Å². The van der Waals surface area contributed by atoms with E-state index in [0.717, 1.165) is 6.29 Å². The van der Waals surface area contributed by atoms with Crippen LogP contribution in [0.25, 0.3) is 0 Å². The molecule has 46 valence electrons. The fourth-order valence-corrected chi connectivity index (χ4v) is 1.22. The minimum Gasteiger partial charge on any atom is -0.303 e. The van der Waals surface area contributed by atoms with Crippen molar-refractivity contribution in [3.63, 3.8) is 0 Å². The highest BCUT2D eigenvalue weighted by molar-refractivity contribution is 9.10. The molecule has 1 saturated carbocycles. The molecule has 8 heavy (non-hydrogen) atoms. The Labute approximate surface area is 55.4 Å². The highest BCUT2D eigenvalue weighted by Crippen LogP contribution is 2.53. The number of hydrogen-bond acceptors (Lipinski definition) is 1. The zero-order valence-corrected chi connectivity index (χ0v) is 5.82. The second-order valence-electron chi connectivity index (χ2n) is 2.06. The van der Waals surface area contributed by atoms with Gasteiger partial charge in [0.2, 0.25) is 0 Å². The Bertz CT molecular complexity index is 113. The van der Waals surface area contributed by atoms with Gasteiger partial charge in [0.05, 0.1) is 0 Å². The Morgan fingerprint density at radius 3 is 2.62 bits per heavy atom. The lowest BCUT2D eigenvalue weighted by Crippen LogP contribution is -1.90. The number of carbonyl (C=O) groups is 1. The quantitative estimate of drug-likeness (QED) is 0.467. The van der Waals surface area contributed by atoms with Gasteiger partial charge < -0.3 is 4.79 Å². The number of rotatable bonds is 2. The average molecular weight is 181 g/mol.